The highest BCUT2D eigenvalue weighted by Gasteiger charge is 2.32. The molecule has 2 amide bonds. The van der Waals surface area contributed by atoms with Crippen LogP contribution < -0.4 is 4.74 Å². The maximum absolute atomic E-state index is 13.6. The normalized spacial score (nSPS) is 15.6. The van der Waals surface area contributed by atoms with Gasteiger partial charge in [0.1, 0.15) is 17.7 Å². The number of aromatic nitrogens is 5. The fourth-order valence-electron chi connectivity index (χ4n) is 5.15. The van der Waals surface area contributed by atoms with Crippen molar-refractivity contribution in [3.63, 3.8) is 0 Å². The zero-order chi connectivity index (χ0) is 28.5. The number of amides is 2. The van der Waals surface area contributed by atoms with Crippen molar-refractivity contribution in [2.24, 2.45) is 5.92 Å². The smallest absolute Gasteiger partial charge is 0.295 e. The van der Waals surface area contributed by atoms with Crippen LogP contribution in [0.1, 0.15) is 27.6 Å². The first-order valence-corrected chi connectivity index (χ1v) is 13.1. The van der Waals surface area contributed by atoms with Crippen LogP contribution in [0.5, 0.6) is 5.75 Å². The van der Waals surface area contributed by atoms with E-state index in [2.05, 4.69) is 25.1 Å². The summed E-state index contributed by atoms with van der Waals surface area (Å²) in [6, 6.07) is 10.8. The van der Waals surface area contributed by atoms with Crippen LogP contribution in [0.25, 0.3) is 33.8 Å². The number of nitrogens with zero attached hydrogens (tertiary/aromatic N) is 5. The van der Waals surface area contributed by atoms with Gasteiger partial charge in [0.25, 0.3) is 17.6 Å². The zero-order valence-electron chi connectivity index (χ0n) is 22.5. The largest absolute Gasteiger partial charge is 0.494 e. The number of carbonyl (C=O) groups is 3. The molecule has 1 aromatic carbocycles. The molecule has 1 aliphatic heterocycles. The first-order chi connectivity index (χ1) is 19.9. The highest BCUT2D eigenvalue weighted by molar-refractivity contribution is 6.45. The van der Waals surface area contributed by atoms with Crippen molar-refractivity contribution < 1.29 is 23.5 Å². The Hall–Kier alpha value is -5.26. The highest BCUT2D eigenvalue weighted by Crippen LogP contribution is 2.34. The minimum atomic E-state index is -0.682. The standard InChI is InChI=1S/C29H27N7O5/c1-17-14-35(28(38)18-6-4-3-5-7-18)9-10-36(15-17)29(39)25(37)20-12-30-23-22(20)21(40-2)13-31-24(23)27-32-26(33-34-27)19-8-11-41-16-19/h3-8,11-13,16-17,30H,9-10,14-15H2,1-2H3,(H,32,33,34)/t17-/m0/s1. The van der Waals surface area contributed by atoms with Gasteiger partial charge in [-0.25, -0.2) is 9.97 Å². The number of nitrogens with one attached hydrogen (secondary N) is 2. The first-order valence-electron chi connectivity index (χ1n) is 13.1. The van der Waals surface area contributed by atoms with Gasteiger partial charge in [0.15, 0.2) is 11.6 Å². The van der Waals surface area contributed by atoms with Crippen LogP contribution in [0.4, 0.5) is 0 Å². The van der Waals surface area contributed by atoms with Crippen molar-refractivity contribution in [2.75, 3.05) is 33.3 Å². The summed E-state index contributed by atoms with van der Waals surface area (Å²) in [5.41, 5.74) is 2.33. The summed E-state index contributed by atoms with van der Waals surface area (Å²) in [4.78, 5) is 55.5. The van der Waals surface area contributed by atoms with Crippen LogP contribution >= 0.6 is 0 Å². The number of rotatable bonds is 6. The Bertz CT molecular complexity index is 1720. The van der Waals surface area contributed by atoms with Crippen LogP contribution in [-0.4, -0.2) is 85.8 Å². The Morgan fingerprint density at radius 3 is 2.61 bits per heavy atom. The predicted molar refractivity (Wildman–Crippen MR) is 148 cm³/mol. The van der Waals surface area contributed by atoms with E-state index in [1.807, 2.05) is 25.1 Å². The maximum Gasteiger partial charge on any atom is 0.295 e. The van der Waals surface area contributed by atoms with Crippen LogP contribution in [0, 0.1) is 5.92 Å². The lowest BCUT2D eigenvalue weighted by atomic mass is 10.1. The second-order valence-electron chi connectivity index (χ2n) is 9.95. The monoisotopic (exact) mass is 553 g/mol. The number of ketones is 1. The van der Waals surface area contributed by atoms with Crippen LogP contribution in [0.15, 0.2) is 65.7 Å². The molecule has 12 heteroatoms. The van der Waals surface area contributed by atoms with Crippen molar-refractivity contribution in [3.05, 3.63) is 72.4 Å². The van der Waals surface area contributed by atoms with E-state index in [4.69, 9.17) is 9.15 Å². The molecule has 0 saturated carbocycles. The molecule has 1 aliphatic rings. The summed E-state index contributed by atoms with van der Waals surface area (Å²) in [6.45, 7) is 3.37. The molecule has 208 valence electrons. The van der Waals surface area contributed by atoms with Crippen molar-refractivity contribution >= 4 is 28.5 Å². The van der Waals surface area contributed by atoms with Gasteiger partial charge in [-0.2, -0.15) is 5.10 Å². The summed E-state index contributed by atoms with van der Waals surface area (Å²) < 4.78 is 10.6. The van der Waals surface area contributed by atoms with Gasteiger partial charge in [0.2, 0.25) is 0 Å². The SMILES string of the molecule is COc1cnc(-c2nc(-c3ccoc3)n[nH]2)c2[nH]cc(C(=O)C(=O)N3CCN(C(=O)c4ccccc4)C[C@H](C)C3)c12. The average Bonchev–Trinajstić information content (AvgIpc) is 3.76. The molecule has 5 aromatic rings. The average molecular weight is 554 g/mol. The molecule has 0 unspecified atom stereocenters. The summed E-state index contributed by atoms with van der Waals surface area (Å²) in [7, 11) is 1.47. The molecule has 4 aromatic heterocycles. The van der Waals surface area contributed by atoms with Crippen molar-refractivity contribution in [1.82, 2.24) is 34.9 Å². The molecule has 5 heterocycles. The maximum atomic E-state index is 13.6. The number of fused-ring (bicyclic) bond motifs is 1. The molecule has 0 spiro atoms. The van der Waals surface area contributed by atoms with Gasteiger partial charge in [0, 0.05) is 37.9 Å². The molecule has 1 atom stereocenters. The molecule has 1 saturated heterocycles. The van der Waals surface area contributed by atoms with E-state index in [1.165, 1.54) is 36.9 Å². The van der Waals surface area contributed by atoms with Gasteiger partial charge in [0.05, 0.1) is 41.6 Å². The van der Waals surface area contributed by atoms with Gasteiger partial charge >= 0.3 is 0 Å². The number of benzene rings is 1. The van der Waals surface area contributed by atoms with Crippen molar-refractivity contribution in [3.8, 4) is 28.7 Å². The minimum absolute atomic E-state index is 0.0221. The molecule has 6 rings (SSSR count). The number of pyridine rings is 1. The van der Waals surface area contributed by atoms with Crippen LogP contribution in [-0.2, 0) is 4.79 Å². The molecular formula is C29H27N7O5. The summed E-state index contributed by atoms with van der Waals surface area (Å²) >= 11 is 0. The number of methoxy groups -OCH3 is 1. The van der Waals surface area contributed by atoms with E-state index in [-0.39, 0.29) is 23.9 Å². The second-order valence-corrected chi connectivity index (χ2v) is 9.95. The zero-order valence-corrected chi connectivity index (χ0v) is 22.5. The second kappa shape index (κ2) is 10.7. The molecule has 1 fully saturated rings. The Morgan fingerprint density at radius 1 is 1.07 bits per heavy atom. The number of carbonyl (C=O) groups excluding carboxylic acids is 3. The molecular weight excluding hydrogens is 526 g/mol. The topological polar surface area (TPSA) is 150 Å². The van der Waals surface area contributed by atoms with Gasteiger partial charge in [-0.3, -0.25) is 19.5 Å². The molecule has 2 N–H and O–H groups in total. The third-order valence-electron chi connectivity index (χ3n) is 7.12. The van der Waals surface area contributed by atoms with E-state index in [0.717, 1.165) is 0 Å². The number of aromatic amines is 2. The molecule has 12 nitrogen and oxygen atoms in total. The van der Waals surface area contributed by atoms with E-state index < -0.39 is 11.7 Å². The van der Waals surface area contributed by atoms with E-state index in [0.29, 0.717) is 64.8 Å². The lowest BCUT2D eigenvalue weighted by molar-refractivity contribution is -0.126. The third-order valence-corrected chi connectivity index (χ3v) is 7.12. The molecule has 41 heavy (non-hydrogen) atoms. The van der Waals surface area contributed by atoms with E-state index in [1.54, 1.807) is 23.1 Å². The van der Waals surface area contributed by atoms with Gasteiger partial charge in [-0.15, -0.1) is 0 Å². The van der Waals surface area contributed by atoms with Crippen LogP contribution in [0.2, 0.25) is 0 Å². The number of ether oxygens (including phenoxy) is 1. The fourth-order valence-corrected chi connectivity index (χ4v) is 5.15. The Morgan fingerprint density at radius 2 is 1.85 bits per heavy atom. The molecule has 0 aliphatic carbocycles. The van der Waals surface area contributed by atoms with Crippen molar-refractivity contribution in [1.29, 1.82) is 0 Å². The first kappa shape index (κ1) is 26.0. The van der Waals surface area contributed by atoms with Gasteiger partial charge in [-0.1, -0.05) is 25.1 Å². The highest BCUT2D eigenvalue weighted by atomic mass is 16.5. The fraction of sp³-hybridized carbons (Fsp3) is 0.241. The predicted octanol–water partition coefficient (Wildman–Crippen LogP) is 3.42. The number of hydrogen-bond acceptors (Lipinski definition) is 8. The Labute approximate surface area is 234 Å². The summed E-state index contributed by atoms with van der Waals surface area (Å²) in [5.74, 6) is -0.320. The van der Waals surface area contributed by atoms with Crippen molar-refractivity contribution in [2.45, 2.75) is 6.92 Å². The number of Topliss-reactive ketones (excluding diaryl/α,β-unsaturated/α-hetero) is 1. The minimum Gasteiger partial charge on any atom is -0.494 e. The van der Waals surface area contributed by atoms with E-state index >= 15 is 0 Å². The summed E-state index contributed by atoms with van der Waals surface area (Å²) in [5, 5.41) is 7.52. The Balaban J connectivity index is 1.27. The molecule has 0 bridgehead atoms. The lowest BCUT2D eigenvalue weighted by Crippen LogP contribution is -2.40. The summed E-state index contributed by atoms with van der Waals surface area (Å²) in [6.07, 6.45) is 6.02. The Kier molecular flexibility index (Phi) is 6.79. The lowest BCUT2D eigenvalue weighted by Gasteiger charge is -2.22. The number of furan rings is 1. The molecule has 0 radical (unpaired) electrons. The number of H-pyrrole nitrogens is 2. The van der Waals surface area contributed by atoms with Crippen LogP contribution in [0.3, 0.4) is 0 Å². The van der Waals surface area contributed by atoms with Gasteiger partial charge < -0.3 is 23.9 Å². The van der Waals surface area contributed by atoms with Gasteiger partial charge in [-0.05, 0) is 24.1 Å². The number of hydrogen-bond donors (Lipinski definition) is 2. The quantitative estimate of drug-likeness (QED) is 0.240. The van der Waals surface area contributed by atoms with E-state index in [9.17, 15) is 14.4 Å². The third kappa shape index (κ3) is 4.84.